The van der Waals surface area contributed by atoms with Crippen LogP contribution in [0.15, 0.2) is 36.7 Å². The molecule has 1 aliphatic carbocycles. The van der Waals surface area contributed by atoms with Crippen molar-refractivity contribution in [1.82, 2.24) is 30.0 Å². The number of likely N-dealkylation sites (tertiary alicyclic amines) is 1. The van der Waals surface area contributed by atoms with Crippen LogP contribution in [0.25, 0.3) is 11.0 Å². The fourth-order valence-electron chi connectivity index (χ4n) is 5.38. The lowest BCUT2D eigenvalue weighted by molar-refractivity contribution is 0.152. The molecule has 1 saturated carbocycles. The van der Waals surface area contributed by atoms with E-state index in [-0.39, 0.29) is 0 Å². The van der Waals surface area contributed by atoms with Gasteiger partial charge in [0.1, 0.15) is 0 Å². The zero-order chi connectivity index (χ0) is 23.9. The Morgan fingerprint density at radius 1 is 1.00 bits per heavy atom. The monoisotopic (exact) mass is 477 g/mol. The second-order valence-corrected chi connectivity index (χ2v) is 10.0. The summed E-state index contributed by atoms with van der Waals surface area (Å²) in [6.45, 7) is 5.25. The minimum absolute atomic E-state index is 0.457. The molecule has 5 rings (SSSR count). The largest absolute Gasteiger partial charge is 0.385 e. The van der Waals surface area contributed by atoms with Crippen molar-refractivity contribution < 1.29 is 4.74 Å². The van der Waals surface area contributed by atoms with E-state index < -0.39 is 0 Å². The first-order valence-corrected chi connectivity index (χ1v) is 13.3. The van der Waals surface area contributed by atoms with E-state index in [1.807, 2.05) is 12.4 Å². The maximum absolute atomic E-state index is 5.17. The predicted molar refractivity (Wildman–Crippen MR) is 140 cm³/mol. The van der Waals surface area contributed by atoms with Crippen LogP contribution in [-0.4, -0.2) is 64.0 Å². The number of nitrogens with zero attached hydrogens (tertiary/aromatic N) is 5. The van der Waals surface area contributed by atoms with Crippen molar-refractivity contribution in [2.24, 2.45) is 0 Å². The van der Waals surface area contributed by atoms with E-state index in [1.165, 1.54) is 63.6 Å². The molecule has 0 radical (unpaired) electrons. The molecule has 3 aromatic rings. The smallest absolute Gasteiger partial charge is 0.229 e. The van der Waals surface area contributed by atoms with Gasteiger partial charge in [0, 0.05) is 44.7 Å². The van der Waals surface area contributed by atoms with Crippen LogP contribution in [0.2, 0.25) is 0 Å². The molecule has 8 heteroatoms. The maximum atomic E-state index is 5.17. The van der Waals surface area contributed by atoms with Crippen LogP contribution in [0, 0.1) is 0 Å². The Bertz CT molecular complexity index is 1050. The van der Waals surface area contributed by atoms with E-state index in [4.69, 9.17) is 9.72 Å². The predicted octanol–water partition coefficient (Wildman–Crippen LogP) is 4.67. The van der Waals surface area contributed by atoms with Gasteiger partial charge < -0.3 is 20.3 Å². The molecule has 2 fully saturated rings. The number of ether oxygens (including phenoxy) is 1. The Morgan fingerprint density at radius 2 is 1.80 bits per heavy atom. The normalized spacial score (nSPS) is 18.3. The molecule has 0 atom stereocenters. The van der Waals surface area contributed by atoms with Crippen LogP contribution in [0.1, 0.15) is 63.0 Å². The number of methoxy groups -OCH3 is 1. The molecule has 0 bridgehead atoms. The highest BCUT2D eigenvalue weighted by molar-refractivity contribution is 5.75. The van der Waals surface area contributed by atoms with E-state index in [0.29, 0.717) is 18.0 Å². The molecule has 188 valence electrons. The van der Waals surface area contributed by atoms with E-state index in [1.54, 1.807) is 7.11 Å². The Kier molecular flexibility index (Phi) is 8.23. The number of benzene rings is 1. The number of hydrogen-bond acceptors (Lipinski definition) is 7. The molecule has 8 nitrogen and oxygen atoms in total. The summed E-state index contributed by atoms with van der Waals surface area (Å²) in [5, 5.41) is 12.8. The van der Waals surface area contributed by atoms with E-state index >= 15 is 0 Å². The Morgan fingerprint density at radius 3 is 2.57 bits per heavy atom. The summed E-state index contributed by atoms with van der Waals surface area (Å²) in [5.41, 5.74) is 3.23. The zero-order valence-corrected chi connectivity index (χ0v) is 21.0. The van der Waals surface area contributed by atoms with Gasteiger partial charge in [0.15, 0.2) is 5.65 Å². The third-order valence-electron chi connectivity index (χ3n) is 7.47. The highest BCUT2D eigenvalue weighted by Gasteiger charge is 2.20. The number of nitrogens with one attached hydrogen (secondary N) is 2. The average Bonchev–Trinajstić information content (AvgIpc) is 3.33. The summed E-state index contributed by atoms with van der Waals surface area (Å²) in [7, 11) is 1.78. The maximum Gasteiger partial charge on any atom is 0.229 e. The summed E-state index contributed by atoms with van der Waals surface area (Å²) in [4.78, 5) is 11.9. The minimum Gasteiger partial charge on any atom is -0.385 e. The third kappa shape index (κ3) is 6.37. The first-order chi connectivity index (χ1) is 17.3. The number of aromatic nitrogens is 4. The minimum atomic E-state index is 0.457. The van der Waals surface area contributed by atoms with Crippen LogP contribution in [0.5, 0.6) is 0 Å². The lowest BCUT2D eigenvalue weighted by Crippen LogP contribution is -2.42. The molecule has 35 heavy (non-hydrogen) atoms. The summed E-state index contributed by atoms with van der Waals surface area (Å²) >= 11 is 0. The summed E-state index contributed by atoms with van der Waals surface area (Å²) in [6, 6.07) is 9.64. The summed E-state index contributed by atoms with van der Waals surface area (Å²) < 4.78 is 7.28. The molecule has 2 aromatic heterocycles. The Labute approximate surface area is 208 Å². The van der Waals surface area contributed by atoms with Crippen LogP contribution >= 0.6 is 0 Å². The third-order valence-corrected chi connectivity index (χ3v) is 7.47. The summed E-state index contributed by atoms with van der Waals surface area (Å²) in [5.74, 6) is 0.623. The molecule has 2 aliphatic rings. The van der Waals surface area contributed by atoms with Crippen LogP contribution in [0.3, 0.4) is 0 Å². The van der Waals surface area contributed by atoms with E-state index in [0.717, 1.165) is 42.8 Å². The van der Waals surface area contributed by atoms with Gasteiger partial charge in [-0.05, 0) is 62.9 Å². The van der Waals surface area contributed by atoms with E-state index in [2.05, 4.69) is 54.6 Å². The van der Waals surface area contributed by atoms with Gasteiger partial charge in [-0.2, -0.15) is 10.1 Å². The van der Waals surface area contributed by atoms with Crippen molar-refractivity contribution in [2.45, 2.75) is 70.0 Å². The zero-order valence-electron chi connectivity index (χ0n) is 21.0. The average molecular weight is 478 g/mol. The fourth-order valence-corrected chi connectivity index (χ4v) is 5.38. The Hall–Kier alpha value is -2.55. The van der Waals surface area contributed by atoms with E-state index in [9.17, 15) is 0 Å². The van der Waals surface area contributed by atoms with Gasteiger partial charge in [0.05, 0.1) is 17.6 Å². The molecular formula is C27H39N7O. The summed E-state index contributed by atoms with van der Waals surface area (Å²) in [6.07, 6.45) is 13.6. The first-order valence-electron chi connectivity index (χ1n) is 13.3. The van der Waals surface area contributed by atoms with Gasteiger partial charge >= 0.3 is 0 Å². The molecular weight excluding hydrogens is 438 g/mol. The molecule has 0 spiro atoms. The molecule has 0 amide bonds. The van der Waals surface area contributed by atoms with Crippen molar-refractivity contribution in [3.8, 4) is 0 Å². The fraction of sp³-hybridized carbons (Fsp3) is 0.593. The quantitative estimate of drug-likeness (QED) is 0.411. The van der Waals surface area contributed by atoms with Gasteiger partial charge in [-0.15, -0.1) is 0 Å². The highest BCUT2D eigenvalue weighted by atomic mass is 16.5. The standard InChI is InChI=1S/C27H39N7O/c1-35-17-5-14-33-15-12-23(13-16-33)28-18-21-8-10-24(11-9-21)31-27-29-19-22-20-30-34(26(22)32-27)25-6-3-2-4-7-25/h8-11,19-20,23,25,28H,2-7,12-18H2,1H3,(H,29,31,32). The lowest BCUT2D eigenvalue weighted by Gasteiger charge is -2.32. The molecule has 1 aliphatic heterocycles. The Balaban J connectivity index is 1.12. The second-order valence-electron chi connectivity index (χ2n) is 10.0. The number of anilines is 2. The van der Waals surface area contributed by atoms with Gasteiger partial charge in [-0.3, -0.25) is 0 Å². The van der Waals surface area contributed by atoms with Crippen LogP contribution in [-0.2, 0) is 11.3 Å². The highest BCUT2D eigenvalue weighted by Crippen LogP contribution is 2.30. The number of fused-ring (bicyclic) bond motifs is 1. The number of hydrogen-bond donors (Lipinski definition) is 2. The molecule has 3 heterocycles. The van der Waals surface area contributed by atoms with Crippen molar-refractivity contribution in [3.63, 3.8) is 0 Å². The van der Waals surface area contributed by atoms with Gasteiger partial charge in [-0.25, -0.2) is 9.67 Å². The van der Waals surface area contributed by atoms with Crippen molar-refractivity contribution in [2.75, 3.05) is 38.7 Å². The van der Waals surface area contributed by atoms with Gasteiger partial charge in [-0.1, -0.05) is 31.4 Å². The van der Waals surface area contributed by atoms with Crippen LogP contribution in [0.4, 0.5) is 11.6 Å². The number of rotatable bonds is 10. The van der Waals surface area contributed by atoms with Crippen molar-refractivity contribution in [3.05, 3.63) is 42.2 Å². The van der Waals surface area contributed by atoms with Crippen LogP contribution < -0.4 is 10.6 Å². The SMILES string of the molecule is COCCCN1CCC(NCc2ccc(Nc3ncc4cnn(C5CCCCC5)c4n3)cc2)CC1. The number of piperidine rings is 1. The first kappa shape index (κ1) is 24.2. The second kappa shape index (κ2) is 11.9. The van der Waals surface area contributed by atoms with Gasteiger partial charge in [0.25, 0.3) is 0 Å². The van der Waals surface area contributed by atoms with Crippen molar-refractivity contribution >= 4 is 22.7 Å². The molecule has 1 aromatic carbocycles. The van der Waals surface area contributed by atoms with Crippen molar-refractivity contribution in [1.29, 1.82) is 0 Å². The lowest BCUT2D eigenvalue weighted by atomic mass is 9.96. The topological polar surface area (TPSA) is 80.1 Å². The molecule has 0 unspecified atom stereocenters. The molecule has 1 saturated heterocycles. The molecule has 2 N–H and O–H groups in total. The van der Waals surface area contributed by atoms with Gasteiger partial charge in [0.2, 0.25) is 5.95 Å².